The quantitative estimate of drug-likeness (QED) is 0.795. The fourth-order valence-electron chi connectivity index (χ4n) is 0.977. The minimum absolute atomic E-state index is 0.0375. The highest BCUT2D eigenvalue weighted by molar-refractivity contribution is 14.1. The van der Waals surface area contributed by atoms with E-state index >= 15 is 0 Å². The maximum Gasteiger partial charge on any atom is 0.222 e. The van der Waals surface area contributed by atoms with Crippen molar-refractivity contribution in [2.24, 2.45) is 0 Å². The van der Waals surface area contributed by atoms with Crippen LogP contribution in [0, 0.1) is 3.57 Å². The Hall–Kier alpha value is -0.920. The summed E-state index contributed by atoms with van der Waals surface area (Å²) in [6.45, 7) is 3.11. The predicted molar refractivity (Wildman–Crippen MR) is 66.5 cm³/mol. The highest BCUT2D eigenvalue weighted by atomic mass is 127. The zero-order valence-corrected chi connectivity index (χ0v) is 10.6. The maximum atomic E-state index is 11.1. The van der Waals surface area contributed by atoms with E-state index in [-0.39, 0.29) is 5.91 Å². The van der Waals surface area contributed by atoms with Crippen molar-refractivity contribution in [1.29, 1.82) is 0 Å². The molecule has 6 heteroatoms. The summed E-state index contributed by atoms with van der Waals surface area (Å²) in [5.74, 6) is 0.593. The molecule has 5 nitrogen and oxygen atoms in total. The number of nitrogens with zero attached hydrogens (tertiary/aromatic N) is 2. The molecule has 0 unspecified atom stereocenters. The summed E-state index contributed by atoms with van der Waals surface area (Å²) in [5, 5.41) is 5.69. The smallest absolute Gasteiger partial charge is 0.222 e. The van der Waals surface area contributed by atoms with Crippen molar-refractivity contribution in [2.75, 3.05) is 18.4 Å². The van der Waals surface area contributed by atoms with Gasteiger partial charge in [0.15, 0.2) is 0 Å². The lowest BCUT2D eigenvalue weighted by molar-refractivity contribution is -0.120. The Morgan fingerprint density at radius 2 is 2.13 bits per heavy atom. The topological polar surface area (TPSA) is 66.9 Å². The average Bonchev–Trinajstić information content (AvgIpc) is 2.21. The minimum Gasteiger partial charge on any atom is -0.356 e. The summed E-state index contributed by atoms with van der Waals surface area (Å²) >= 11 is 2.14. The molecule has 1 rings (SSSR count). The van der Waals surface area contributed by atoms with Crippen LogP contribution >= 0.6 is 22.6 Å². The Kier molecular flexibility index (Phi) is 5.30. The van der Waals surface area contributed by atoms with Crippen molar-refractivity contribution < 1.29 is 4.79 Å². The molecular weight excluding hydrogens is 307 g/mol. The molecule has 0 fully saturated rings. The number of aromatic nitrogens is 2. The lowest BCUT2D eigenvalue weighted by Gasteiger charge is -2.04. The van der Waals surface area contributed by atoms with Gasteiger partial charge in [-0.05, 0) is 29.5 Å². The molecule has 0 atom stereocenters. The van der Waals surface area contributed by atoms with Crippen molar-refractivity contribution in [3.05, 3.63) is 16.0 Å². The third-order valence-corrected chi connectivity index (χ3v) is 2.19. The monoisotopic (exact) mass is 320 g/mol. The van der Waals surface area contributed by atoms with Gasteiger partial charge >= 0.3 is 0 Å². The van der Waals surface area contributed by atoms with Crippen molar-refractivity contribution >= 4 is 34.4 Å². The first-order chi connectivity index (χ1) is 7.22. The van der Waals surface area contributed by atoms with Gasteiger partial charge in [-0.15, -0.1) is 0 Å². The molecule has 1 heterocycles. The maximum absolute atomic E-state index is 11.1. The molecule has 0 aliphatic carbocycles. The number of anilines is 1. The fraction of sp³-hybridized carbons (Fsp3) is 0.444. The fourth-order valence-corrected chi connectivity index (χ4v) is 1.26. The lowest BCUT2D eigenvalue weighted by atomic mass is 10.4. The van der Waals surface area contributed by atoms with E-state index in [1.165, 1.54) is 0 Å². The highest BCUT2D eigenvalue weighted by Gasteiger charge is 1.99. The van der Waals surface area contributed by atoms with Gasteiger partial charge in [0.05, 0.1) is 0 Å². The van der Waals surface area contributed by atoms with E-state index in [0.29, 0.717) is 25.5 Å². The molecule has 15 heavy (non-hydrogen) atoms. The van der Waals surface area contributed by atoms with E-state index in [2.05, 4.69) is 43.2 Å². The van der Waals surface area contributed by atoms with Gasteiger partial charge in [0.2, 0.25) is 11.9 Å². The highest BCUT2D eigenvalue weighted by Crippen LogP contribution is 2.02. The normalized spacial score (nSPS) is 9.73. The SMILES string of the molecule is CCNC(=O)CCNc1ncc(I)cn1. The lowest BCUT2D eigenvalue weighted by Crippen LogP contribution is -2.25. The standard InChI is InChI=1S/C9H13IN4O/c1-2-11-8(15)3-4-12-9-13-5-7(10)6-14-9/h5-6H,2-4H2,1H3,(H,11,15)(H,12,13,14). The Morgan fingerprint density at radius 3 is 2.73 bits per heavy atom. The van der Waals surface area contributed by atoms with Crippen LogP contribution in [0.3, 0.4) is 0 Å². The van der Waals surface area contributed by atoms with Gasteiger partial charge in [-0.3, -0.25) is 4.79 Å². The molecule has 82 valence electrons. The first kappa shape index (κ1) is 12.2. The van der Waals surface area contributed by atoms with E-state index in [0.717, 1.165) is 3.57 Å². The molecule has 0 radical (unpaired) electrons. The van der Waals surface area contributed by atoms with Gasteiger partial charge in [0.25, 0.3) is 0 Å². The van der Waals surface area contributed by atoms with E-state index in [1.54, 1.807) is 12.4 Å². The second kappa shape index (κ2) is 6.54. The molecule has 0 spiro atoms. The first-order valence-corrected chi connectivity index (χ1v) is 5.78. The average molecular weight is 320 g/mol. The zero-order chi connectivity index (χ0) is 11.1. The molecule has 0 bridgehead atoms. The second-order valence-corrected chi connectivity index (χ2v) is 4.10. The predicted octanol–water partition coefficient (Wildman–Crippen LogP) is 1.02. The van der Waals surface area contributed by atoms with E-state index in [4.69, 9.17) is 0 Å². The van der Waals surface area contributed by atoms with Gasteiger partial charge in [0, 0.05) is 35.5 Å². The molecule has 1 aromatic rings. The van der Waals surface area contributed by atoms with E-state index in [1.807, 2.05) is 6.92 Å². The third-order valence-electron chi connectivity index (χ3n) is 1.63. The molecule has 2 N–H and O–H groups in total. The van der Waals surface area contributed by atoms with Crippen LogP contribution in [0.15, 0.2) is 12.4 Å². The first-order valence-electron chi connectivity index (χ1n) is 4.70. The third kappa shape index (κ3) is 4.91. The van der Waals surface area contributed by atoms with Crippen molar-refractivity contribution in [3.8, 4) is 0 Å². The van der Waals surface area contributed by atoms with Crippen LogP contribution < -0.4 is 10.6 Å². The molecular formula is C9H13IN4O. The number of amides is 1. The zero-order valence-electron chi connectivity index (χ0n) is 8.46. The van der Waals surface area contributed by atoms with Gasteiger partial charge in [0.1, 0.15) is 0 Å². The van der Waals surface area contributed by atoms with Gasteiger partial charge in [-0.2, -0.15) is 0 Å². The molecule has 1 aromatic heterocycles. The Labute approximate surface area is 102 Å². The van der Waals surface area contributed by atoms with Gasteiger partial charge < -0.3 is 10.6 Å². The minimum atomic E-state index is 0.0375. The summed E-state index contributed by atoms with van der Waals surface area (Å²) < 4.78 is 0.988. The van der Waals surface area contributed by atoms with Crippen LogP contribution in [0.25, 0.3) is 0 Å². The summed E-state index contributed by atoms with van der Waals surface area (Å²) in [6, 6.07) is 0. The molecule has 1 amide bonds. The summed E-state index contributed by atoms with van der Waals surface area (Å²) in [5.41, 5.74) is 0. The van der Waals surface area contributed by atoms with Crippen LogP contribution in [-0.2, 0) is 4.79 Å². The van der Waals surface area contributed by atoms with Crippen molar-refractivity contribution in [1.82, 2.24) is 15.3 Å². The van der Waals surface area contributed by atoms with Gasteiger partial charge in [-0.25, -0.2) is 9.97 Å². The van der Waals surface area contributed by atoms with Crippen LogP contribution in [0.2, 0.25) is 0 Å². The Balaban J connectivity index is 2.26. The number of rotatable bonds is 5. The molecule has 0 aromatic carbocycles. The number of hydrogen-bond acceptors (Lipinski definition) is 4. The van der Waals surface area contributed by atoms with Crippen LogP contribution in [0.4, 0.5) is 5.95 Å². The van der Waals surface area contributed by atoms with Crippen molar-refractivity contribution in [2.45, 2.75) is 13.3 Å². The molecule has 0 aliphatic rings. The second-order valence-electron chi connectivity index (χ2n) is 2.86. The number of halogens is 1. The van der Waals surface area contributed by atoms with E-state index in [9.17, 15) is 4.79 Å². The van der Waals surface area contributed by atoms with Crippen LogP contribution in [0.5, 0.6) is 0 Å². The van der Waals surface area contributed by atoms with Crippen LogP contribution in [0.1, 0.15) is 13.3 Å². The van der Waals surface area contributed by atoms with Crippen molar-refractivity contribution in [3.63, 3.8) is 0 Å². The largest absolute Gasteiger partial charge is 0.356 e. The summed E-state index contributed by atoms with van der Waals surface area (Å²) in [4.78, 5) is 19.2. The number of carbonyl (C=O) groups is 1. The summed E-state index contributed by atoms with van der Waals surface area (Å²) in [6.07, 6.45) is 3.88. The molecule has 0 saturated heterocycles. The number of hydrogen-bond donors (Lipinski definition) is 2. The number of carbonyl (C=O) groups excluding carboxylic acids is 1. The number of nitrogens with one attached hydrogen (secondary N) is 2. The summed E-state index contributed by atoms with van der Waals surface area (Å²) in [7, 11) is 0. The Bertz CT molecular complexity index is 314. The molecule has 0 aliphatic heterocycles. The van der Waals surface area contributed by atoms with Crippen LogP contribution in [-0.4, -0.2) is 29.0 Å². The van der Waals surface area contributed by atoms with E-state index < -0.39 is 0 Å². The molecule has 0 saturated carbocycles. The Morgan fingerprint density at radius 1 is 1.47 bits per heavy atom. The van der Waals surface area contributed by atoms with Gasteiger partial charge in [-0.1, -0.05) is 0 Å².